The average Bonchev–Trinajstić information content (AvgIpc) is 2.94. The highest BCUT2D eigenvalue weighted by Crippen LogP contribution is 2.29. The molecule has 1 aromatic carbocycles. The summed E-state index contributed by atoms with van der Waals surface area (Å²) in [7, 11) is 0. The Bertz CT molecular complexity index is 773. The molecule has 0 atom stereocenters. The van der Waals surface area contributed by atoms with Gasteiger partial charge >= 0.3 is 11.9 Å². The van der Waals surface area contributed by atoms with Crippen LogP contribution in [-0.2, 0) is 19.1 Å². The molecule has 0 radical (unpaired) electrons. The zero-order valence-electron chi connectivity index (χ0n) is 15.3. The molecule has 2 aromatic rings. The lowest BCUT2D eigenvalue weighted by atomic mass is 10.0. The van der Waals surface area contributed by atoms with Gasteiger partial charge in [0.1, 0.15) is 5.76 Å². The minimum atomic E-state index is -1.20. The molecule has 26 heavy (non-hydrogen) atoms. The maximum atomic E-state index is 12.0. The number of hydrogen-bond donors (Lipinski definition) is 0. The van der Waals surface area contributed by atoms with Crippen LogP contribution in [0.3, 0.4) is 0 Å². The second-order valence-corrected chi connectivity index (χ2v) is 5.51. The van der Waals surface area contributed by atoms with Crippen LogP contribution >= 0.6 is 0 Å². The van der Waals surface area contributed by atoms with E-state index in [0.29, 0.717) is 11.4 Å². The van der Waals surface area contributed by atoms with Gasteiger partial charge in [-0.15, -0.1) is 0 Å². The zero-order chi connectivity index (χ0) is 19.1. The van der Waals surface area contributed by atoms with E-state index in [4.69, 9.17) is 14.0 Å². The summed E-state index contributed by atoms with van der Waals surface area (Å²) in [6.07, 6.45) is 1.25. The molecule has 0 amide bonds. The number of benzene rings is 1. The monoisotopic (exact) mass is 358 g/mol. The molecule has 7 heteroatoms. The number of aliphatic imine (C=N–C) groups is 1. The van der Waals surface area contributed by atoms with Gasteiger partial charge in [-0.2, -0.15) is 0 Å². The van der Waals surface area contributed by atoms with Gasteiger partial charge in [0, 0.05) is 11.8 Å². The summed E-state index contributed by atoms with van der Waals surface area (Å²) in [5, 5.41) is 3.95. The minimum absolute atomic E-state index is 0.171. The lowest BCUT2D eigenvalue weighted by molar-refractivity contribution is -0.157. The summed E-state index contributed by atoms with van der Waals surface area (Å²) in [5.41, 5.74) is 3.15. The van der Waals surface area contributed by atoms with Crippen LogP contribution in [0.25, 0.3) is 11.1 Å². The Balaban J connectivity index is 2.28. The highest BCUT2D eigenvalue weighted by molar-refractivity contribution is 6.09. The van der Waals surface area contributed by atoms with E-state index in [1.165, 1.54) is 6.21 Å². The predicted molar refractivity (Wildman–Crippen MR) is 96.3 cm³/mol. The van der Waals surface area contributed by atoms with Crippen LogP contribution in [0.1, 0.15) is 25.3 Å². The van der Waals surface area contributed by atoms with E-state index in [1.807, 2.05) is 32.0 Å². The van der Waals surface area contributed by atoms with E-state index in [9.17, 15) is 9.59 Å². The Morgan fingerprint density at radius 2 is 1.85 bits per heavy atom. The van der Waals surface area contributed by atoms with Crippen molar-refractivity contribution in [1.29, 1.82) is 0 Å². The summed E-state index contributed by atoms with van der Waals surface area (Å²) in [6, 6.07) is 7.35. The van der Waals surface area contributed by atoms with Gasteiger partial charge < -0.3 is 14.0 Å². The topological polar surface area (TPSA) is 91.0 Å². The van der Waals surface area contributed by atoms with E-state index in [-0.39, 0.29) is 13.2 Å². The number of nitrogens with zero attached hydrogens (tertiary/aromatic N) is 2. The van der Waals surface area contributed by atoms with Gasteiger partial charge in [-0.1, -0.05) is 17.3 Å². The summed E-state index contributed by atoms with van der Waals surface area (Å²) >= 11 is 0. The first-order valence-corrected chi connectivity index (χ1v) is 8.38. The number of aryl methyl sites for hydroxylation is 2. The predicted octanol–water partition coefficient (Wildman–Crippen LogP) is 3.40. The molecule has 138 valence electrons. The SMILES string of the molecule is CCOC(=O)C(C=Nc1cccc(-c2c(C)noc2C)c1)C(=O)OCC. The molecule has 0 saturated heterocycles. The second kappa shape index (κ2) is 8.94. The number of carbonyl (C=O) groups is 2. The van der Waals surface area contributed by atoms with Crippen molar-refractivity contribution in [2.45, 2.75) is 27.7 Å². The Kier molecular flexibility index (Phi) is 6.66. The van der Waals surface area contributed by atoms with Crippen LogP contribution < -0.4 is 0 Å². The van der Waals surface area contributed by atoms with Crippen LogP contribution in [0.4, 0.5) is 5.69 Å². The summed E-state index contributed by atoms with van der Waals surface area (Å²) in [6.45, 7) is 7.38. The van der Waals surface area contributed by atoms with Crippen LogP contribution in [0.15, 0.2) is 33.8 Å². The molecule has 0 aliphatic carbocycles. The van der Waals surface area contributed by atoms with Crippen molar-refractivity contribution in [3.63, 3.8) is 0 Å². The number of carbonyl (C=O) groups excluding carboxylic acids is 2. The van der Waals surface area contributed by atoms with Crippen molar-refractivity contribution >= 4 is 23.8 Å². The van der Waals surface area contributed by atoms with Gasteiger partial charge in [0.25, 0.3) is 0 Å². The first kappa shape index (κ1) is 19.4. The highest BCUT2D eigenvalue weighted by Gasteiger charge is 2.27. The summed E-state index contributed by atoms with van der Waals surface area (Å²) in [5.74, 6) is -1.86. The molecule has 0 bridgehead atoms. The third-order valence-corrected chi connectivity index (χ3v) is 3.62. The van der Waals surface area contributed by atoms with Crippen molar-refractivity contribution in [1.82, 2.24) is 5.16 Å². The fourth-order valence-electron chi connectivity index (χ4n) is 2.48. The first-order valence-electron chi connectivity index (χ1n) is 8.38. The normalized spacial score (nSPS) is 11.1. The molecule has 1 aromatic heterocycles. The molecule has 2 rings (SSSR count). The van der Waals surface area contributed by atoms with Gasteiger partial charge in [0.05, 0.1) is 24.6 Å². The zero-order valence-corrected chi connectivity index (χ0v) is 15.3. The maximum Gasteiger partial charge on any atom is 0.325 e. The number of esters is 2. The number of aromatic nitrogens is 1. The molecule has 1 heterocycles. The molecule has 0 spiro atoms. The Hall–Kier alpha value is -2.96. The van der Waals surface area contributed by atoms with E-state index >= 15 is 0 Å². The van der Waals surface area contributed by atoms with Crippen LogP contribution in [0.5, 0.6) is 0 Å². The van der Waals surface area contributed by atoms with Crippen LogP contribution in [-0.4, -0.2) is 36.5 Å². The molecule has 0 aliphatic heterocycles. The number of rotatable bonds is 7. The lowest BCUT2D eigenvalue weighted by Gasteiger charge is -2.10. The first-order chi connectivity index (χ1) is 12.5. The largest absolute Gasteiger partial charge is 0.465 e. The molecule has 0 unspecified atom stereocenters. The molecule has 7 nitrogen and oxygen atoms in total. The molecule has 0 aliphatic rings. The van der Waals surface area contributed by atoms with Crippen molar-refractivity contribution in [3.8, 4) is 11.1 Å². The van der Waals surface area contributed by atoms with Gasteiger partial charge in [0.15, 0.2) is 5.92 Å². The van der Waals surface area contributed by atoms with Crippen molar-refractivity contribution < 1.29 is 23.6 Å². The van der Waals surface area contributed by atoms with Gasteiger partial charge in [0.2, 0.25) is 0 Å². The van der Waals surface area contributed by atoms with Gasteiger partial charge in [-0.05, 0) is 45.4 Å². The summed E-state index contributed by atoms with van der Waals surface area (Å²) in [4.78, 5) is 28.2. The Morgan fingerprint density at radius 1 is 1.19 bits per heavy atom. The van der Waals surface area contributed by atoms with Gasteiger partial charge in [-0.3, -0.25) is 14.6 Å². The average molecular weight is 358 g/mol. The Morgan fingerprint density at radius 3 is 2.38 bits per heavy atom. The standard InChI is InChI=1S/C19H22N2O5/c1-5-24-18(22)16(19(23)25-6-2)11-20-15-9-7-8-14(10-15)17-12(3)21-26-13(17)4/h7-11,16H,5-6H2,1-4H3. The van der Waals surface area contributed by atoms with Crippen LogP contribution in [0, 0.1) is 19.8 Å². The quantitative estimate of drug-likeness (QED) is 0.428. The third kappa shape index (κ3) is 4.56. The van der Waals surface area contributed by atoms with Gasteiger partial charge in [-0.25, -0.2) is 0 Å². The lowest BCUT2D eigenvalue weighted by Crippen LogP contribution is -2.29. The molecule has 0 saturated carbocycles. The second-order valence-electron chi connectivity index (χ2n) is 5.51. The fourth-order valence-corrected chi connectivity index (χ4v) is 2.48. The summed E-state index contributed by atoms with van der Waals surface area (Å²) < 4.78 is 15.0. The van der Waals surface area contributed by atoms with E-state index in [2.05, 4.69) is 10.1 Å². The number of hydrogen-bond acceptors (Lipinski definition) is 7. The smallest absolute Gasteiger partial charge is 0.325 e. The van der Waals surface area contributed by atoms with Crippen molar-refractivity contribution in [2.75, 3.05) is 13.2 Å². The molecule has 0 N–H and O–H groups in total. The highest BCUT2D eigenvalue weighted by atomic mass is 16.6. The van der Waals surface area contributed by atoms with Crippen molar-refractivity contribution in [2.24, 2.45) is 10.9 Å². The van der Waals surface area contributed by atoms with E-state index in [1.54, 1.807) is 19.9 Å². The van der Waals surface area contributed by atoms with E-state index < -0.39 is 17.9 Å². The Labute approximate surface area is 152 Å². The minimum Gasteiger partial charge on any atom is -0.465 e. The maximum absolute atomic E-state index is 12.0. The molecule has 0 fully saturated rings. The fraction of sp³-hybridized carbons (Fsp3) is 0.368. The van der Waals surface area contributed by atoms with Crippen molar-refractivity contribution in [3.05, 3.63) is 35.7 Å². The molecular weight excluding hydrogens is 336 g/mol. The third-order valence-electron chi connectivity index (χ3n) is 3.62. The molecular formula is C19H22N2O5. The van der Waals surface area contributed by atoms with E-state index in [0.717, 1.165) is 16.8 Å². The number of ether oxygens (including phenoxy) is 2. The van der Waals surface area contributed by atoms with Crippen LogP contribution in [0.2, 0.25) is 0 Å².